The molecule has 1 aliphatic heterocycles. The van der Waals surface area contributed by atoms with Crippen molar-refractivity contribution in [3.8, 4) is 5.75 Å². The standard InChI is InChI=1S/C23H28FN3O5S/c1-3-23(4-2,22(31)27-11-14(12-27)20(28)29)10-15-6-8-18(33-15)21(30)32-17-7-5-13(19(25)26)9-16(17)24/h5-9,14,19H,3-4,10-12,25-26H2,1-2H3,(H,28,29). The minimum Gasteiger partial charge on any atom is -0.481 e. The van der Waals surface area contributed by atoms with Gasteiger partial charge in [-0.3, -0.25) is 9.59 Å². The van der Waals surface area contributed by atoms with Gasteiger partial charge in [-0.25, -0.2) is 9.18 Å². The Kier molecular flexibility index (Phi) is 7.51. The minimum absolute atomic E-state index is 0.0669. The predicted molar refractivity (Wildman–Crippen MR) is 121 cm³/mol. The molecule has 1 aromatic carbocycles. The maximum atomic E-state index is 14.2. The first-order chi connectivity index (χ1) is 15.6. The zero-order valence-electron chi connectivity index (χ0n) is 18.5. The quantitative estimate of drug-likeness (QED) is 0.287. The van der Waals surface area contributed by atoms with E-state index in [9.17, 15) is 18.8 Å². The van der Waals surface area contributed by atoms with E-state index in [0.717, 1.165) is 10.9 Å². The Morgan fingerprint density at radius 1 is 1.21 bits per heavy atom. The zero-order valence-corrected chi connectivity index (χ0v) is 19.4. The number of nitrogens with zero attached hydrogens (tertiary/aromatic N) is 1. The van der Waals surface area contributed by atoms with Gasteiger partial charge in [-0.1, -0.05) is 19.9 Å². The van der Waals surface area contributed by atoms with E-state index in [4.69, 9.17) is 21.3 Å². The summed E-state index contributed by atoms with van der Waals surface area (Å²) < 4.78 is 19.4. The van der Waals surface area contributed by atoms with Crippen LogP contribution in [-0.2, 0) is 16.0 Å². The summed E-state index contributed by atoms with van der Waals surface area (Å²) in [5, 5.41) is 9.09. The number of amides is 1. The first-order valence-electron chi connectivity index (χ1n) is 10.7. The van der Waals surface area contributed by atoms with Crippen LogP contribution < -0.4 is 16.2 Å². The second kappa shape index (κ2) is 9.98. The number of likely N-dealkylation sites (tertiary alicyclic amines) is 1. The summed E-state index contributed by atoms with van der Waals surface area (Å²) in [6.07, 6.45) is 0.739. The fourth-order valence-electron chi connectivity index (χ4n) is 3.89. The van der Waals surface area contributed by atoms with Crippen molar-refractivity contribution in [1.82, 2.24) is 4.90 Å². The number of rotatable bonds is 9. The van der Waals surface area contributed by atoms with Gasteiger partial charge in [0.2, 0.25) is 5.91 Å². The van der Waals surface area contributed by atoms with Crippen LogP contribution in [-0.4, -0.2) is 40.9 Å². The molecule has 5 N–H and O–H groups in total. The SMILES string of the molecule is CCC(CC)(Cc1ccc(C(=O)Oc2ccc(C(N)N)cc2F)s1)C(=O)N1CC(C(=O)O)C1. The summed E-state index contributed by atoms with van der Waals surface area (Å²) in [6.45, 7) is 4.30. The zero-order chi connectivity index (χ0) is 24.3. The molecule has 1 saturated heterocycles. The van der Waals surface area contributed by atoms with Crippen LogP contribution in [0, 0.1) is 17.2 Å². The average molecular weight is 478 g/mol. The number of thiophene rings is 1. The van der Waals surface area contributed by atoms with Crippen LogP contribution in [0.2, 0.25) is 0 Å². The van der Waals surface area contributed by atoms with Gasteiger partial charge in [-0.2, -0.15) is 0 Å². The van der Waals surface area contributed by atoms with Gasteiger partial charge in [-0.05, 0) is 49.1 Å². The van der Waals surface area contributed by atoms with E-state index >= 15 is 0 Å². The number of carbonyl (C=O) groups excluding carboxylic acids is 2. The smallest absolute Gasteiger partial charge is 0.353 e. The summed E-state index contributed by atoms with van der Waals surface area (Å²) in [4.78, 5) is 39.5. The number of nitrogens with two attached hydrogens (primary N) is 2. The molecule has 0 unspecified atom stereocenters. The van der Waals surface area contributed by atoms with E-state index in [1.165, 1.54) is 23.5 Å². The average Bonchev–Trinajstić information content (AvgIpc) is 3.20. The molecule has 10 heteroatoms. The summed E-state index contributed by atoms with van der Waals surface area (Å²) >= 11 is 1.19. The number of hydrogen-bond donors (Lipinski definition) is 3. The fraction of sp³-hybridized carbons (Fsp3) is 0.435. The van der Waals surface area contributed by atoms with Crippen LogP contribution in [0.3, 0.4) is 0 Å². The first-order valence-corrected chi connectivity index (χ1v) is 11.6. The third-order valence-electron chi connectivity index (χ3n) is 6.24. The molecular weight excluding hydrogens is 449 g/mol. The summed E-state index contributed by atoms with van der Waals surface area (Å²) in [5.74, 6) is -3.14. The Morgan fingerprint density at radius 2 is 1.88 bits per heavy atom. The van der Waals surface area contributed by atoms with Crippen LogP contribution in [0.5, 0.6) is 5.75 Å². The molecule has 1 aliphatic rings. The van der Waals surface area contributed by atoms with E-state index in [0.29, 0.717) is 24.8 Å². The van der Waals surface area contributed by atoms with Crippen molar-refractivity contribution < 1.29 is 28.6 Å². The van der Waals surface area contributed by atoms with Gasteiger partial charge < -0.3 is 26.2 Å². The molecule has 0 bridgehead atoms. The number of ether oxygens (including phenoxy) is 1. The van der Waals surface area contributed by atoms with Crippen LogP contribution in [0.15, 0.2) is 30.3 Å². The van der Waals surface area contributed by atoms with Crippen LogP contribution in [0.1, 0.15) is 53.0 Å². The second-order valence-corrected chi connectivity index (χ2v) is 9.45. The maximum absolute atomic E-state index is 14.2. The molecule has 8 nitrogen and oxygen atoms in total. The number of carboxylic acids is 1. The molecule has 178 valence electrons. The maximum Gasteiger partial charge on any atom is 0.353 e. The van der Waals surface area contributed by atoms with Gasteiger partial charge in [-0.15, -0.1) is 11.3 Å². The number of halogens is 1. The first kappa shape index (κ1) is 24.8. The van der Waals surface area contributed by atoms with Crippen LogP contribution >= 0.6 is 11.3 Å². The van der Waals surface area contributed by atoms with Gasteiger partial charge in [0.1, 0.15) is 4.88 Å². The molecule has 1 amide bonds. The highest BCUT2D eigenvalue weighted by Crippen LogP contribution is 2.37. The third-order valence-corrected chi connectivity index (χ3v) is 7.31. The molecule has 0 spiro atoms. The molecule has 33 heavy (non-hydrogen) atoms. The summed E-state index contributed by atoms with van der Waals surface area (Å²) in [7, 11) is 0. The van der Waals surface area contributed by atoms with Gasteiger partial charge in [0.25, 0.3) is 0 Å². The molecule has 1 fully saturated rings. The molecule has 3 rings (SSSR count). The molecule has 0 atom stereocenters. The Bertz CT molecular complexity index is 1040. The monoisotopic (exact) mass is 477 g/mol. The number of hydrogen-bond acceptors (Lipinski definition) is 7. The van der Waals surface area contributed by atoms with Crippen LogP contribution in [0.25, 0.3) is 0 Å². The van der Waals surface area contributed by atoms with Crippen molar-refractivity contribution in [2.45, 2.75) is 39.3 Å². The Balaban J connectivity index is 1.70. The second-order valence-electron chi connectivity index (χ2n) is 8.28. The van der Waals surface area contributed by atoms with Crippen molar-refractivity contribution in [1.29, 1.82) is 0 Å². The molecule has 0 saturated carbocycles. The lowest BCUT2D eigenvalue weighted by Gasteiger charge is -2.43. The topological polar surface area (TPSA) is 136 Å². The van der Waals surface area contributed by atoms with Crippen molar-refractivity contribution in [2.75, 3.05) is 13.1 Å². The summed E-state index contributed by atoms with van der Waals surface area (Å²) in [6, 6.07) is 7.27. The Morgan fingerprint density at radius 3 is 2.42 bits per heavy atom. The van der Waals surface area contributed by atoms with Gasteiger partial charge in [0.05, 0.1) is 17.5 Å². The molecule has 0 aliphatic carbocycles. The van der Waals surface area contributed by atoms with Gasteiger partial charge in [0, 0.05) is 18.0 Å². The van der Waals surface area contributed by atoms with Crippen LogP contribution in [0.4, 0.5) is 4.39 Å². The molecule has 2 aromatic rings. The fourth-order valence-corrected chi connectivity index (χ4v) is 4.92. The number of aliphatic carboxylic acids is 1. The van der Waals surface area contributed by atoms with Crippen molar-refractivity contribution in [3.05, 3.63) is 51.5 Å². The highest BCUT2D eigenvalue weighted by molar-refractivity contribution is 7.14. The van der Waals surface area contributed by atoms with E-state index in [2.05, 4.69) is 0 Å². The third kappa shape index (κ3) is 5.23. The summed E-state index contributed by atoms with van der Waals surface area (Å²) in [5.41, 5.74) is 10.7. The van der Waals surface area contributed by atoms with E-state index in [1.807, 2.05) is 13.8 Å². The molecular formula is C23H28FN3O5S. The normalized spacial score (nSPS) is 14.3. The Labute approximate surface area is 195 Å². The van der Waals surface area contributed by atoms with Crippen molar-refractivity contribution >= 4 is 29.2 Å². The minimum atomic E-state index is -0.893. The van der Waals surface area contributed by atoms with E-state index < -0.39 is 35.3 Å². The van der Waals surface area contributed by atoms with E-state index in [1.54, 1.807) is 17.0 Å². The molecule has 1 aromatic heterocycles. The van der Waals surface area contributed by atoms with Crippen molar-refractivity contribution in [3.63, 3.8) is 0 Å². The number of esters is 1. The van der Waals surface area contributed by atoms with E-state index in [-0.39, 0.29) is 29.6 Å². The van der Waals surface area contributed by atoms with Gasteiger partial charge in [0.15, 0.2) is 11.6 Å². The largest absolute Gasteiger partial charge is 0.481 e. The highest BCUT2D eigenvalue weighted by Gasteiger charge is 2.44. The lowest BCUT2D eigenvalue weighted by molar-refractivity contribution is -0.158. The Hall–Kier alpha value is -2.82. The number of carboxylic acid groups (broad SMARTS) is 1. The molecule has 2 heterocycles. The lowest BCUT2D eigenvalue weighted by Crippen LogP contribution is -2.57. The van der Waals surface area contributed by atoms with Crippen molar-refractivity contribution in [2.24, 2.45) is 22.8 Å². The predicted octanol–water partition coefficient (Wildman–Crippen LogP) is 2.91. The lowest BCUT2D eigenvalue weighted by atomic mass is 9.76. The number of benzene rings is 1. The van der Waals surface area contributed by atoms with Gasteiger partial charge >= 0.3 is 11.9 Å². The number of carbonyl (C=O) groups is 3. The molecule has 0 radical (unpaired) electrons. The highest BCUT2D eigenvalue weighted by atomic mass is 32.1.